The first-order valence-corrected chi connectivity index (χ1v) is 11.1. The van der Waals surface area contributed by atoms with E-state index in [-0.39, 0.29) is 22.6 Å². The van der Waals surface area contributed by atoms with E-state index in [1.165, 1.54) is 18.2 Å². The number of hydrogen-bond donors (Lipinski definition) is 1. The van der Waals surface area contributed by atoms with E-state index in [9.17, 15) is 22.8 Å². The van der Waals surface area contributed by atoms with Crippen molar-refractivity contribution in [2.75, 3.05) is 5.32 Å². The third-order valence-corrected chi connectivity index (χ3v) is 5.81. The maximum Gasteiger partial charge on any atom is 0.417 e. The Hall–Kier alpha value is -4.57. The van der Waals surface area contributed by atoms with E-state index in [0.717, 1.165) is 6.07 Å². The topological polar surface area (TPSA) is 89.8 Å². The van der Waals surface area contributed by atoms with E-state index in [1.807, 2.05) is 0 Å². The number of imidazole rings is 1. The van der Waals surface area contributed by atoms with Crippen LogP contribution in [0.1, 0.15) is 31.8 Å². The lowest BCUT2D eigenvalue weighted by atomic mass is 10.0. The third-order valence-electron chi connectivity index (χ3n) is 5.48. The normalized spacial score (nSPS) is 11.5. The zero-order chi connectivity index (χ0) is 26.2. The number of carbonyl (C=O) groups excluding carboxylic acids is 2. The largest absolute Gasteiger partial charge is 0.417 e. The summed E-state index contributed by atoms with van der Waals surface area (Å²) in [5.74, 6) is -0.575. The molecule has 7 nitrogen and oxygen atoms in total. The predicted molar refractivity (Wildman–Crippen MR) is 131 cm³/mol. The Balaban J connectivity index is 1.39. The van der Waals surface area contributed by atoms with Gasteiger partial charge in [0.15, 0.2) is 11.6 Å². The van der Waals surface area contributed by atoms with Crippen LogP contribution in [0.5, 0.6) is 0 Å². The van der Waals surface area contributed by atoms with E-state index < -0.39 is 22.7 Å². The van der Waals surface area contributed by atoms with Crippen molar-refractivity contribution in [3.8, 4) is 5.82 Å². The fourth-order valence-electron chi connectivity index (χ4n) is 3.65. The molecule has 11 heteroatoms. The van der Waals surface area contributed by atoms with Gasteiger partial charge in [-0.25, -0.2) is 9.97 Å². The summed E-state index contributed by atoms with van der Waals surface area (Å²) in [7, 11) is 0. The van der Waals surface area contributed by atoms with Crippen molar-refractivity contribution in [2.24, 2.45) is 0 Å². The van der Waals surface area contributed by atoms with Gasteiger partial charge in [0.1, 0.15) is 6.33 Å². The first-order valence-electron chi connectivity index (χ1n) is 10.8. The number of anilines is 1. The standard InChI is InChI=1S/C26H15ClF3N5O2/c27-20-6-4-17(11-19(20)26(28,29)30)25(37)33-18-3-1-2-15(10-18)24(36)16-5-7-21-22(12-16)34-23(13-32-21)35-9-8-31-14-35/h1-14H,(H,33,37). The summed E-state index contributed by atoms with van der Waals surface area (Å²) in [6, 6.07) is 13.9. The van der Waals surface area contributed by atoms with Crippen molar-refractivity contribution in [1.29, 1.82) is 0 Å². The van der Waals surface area contributed by atoms with Gasteiger partial charge in [-0.1, -0.05) is 23.7 Å². The molecule has 5 aromatic rings. The number of ketones is 1. The molecule has 0 saturated carbocycles. The van der Waals surface area contributed by atoms with Crippen molar-refractivity contribution in [3.63, 3.8) is 0 Å². The van der Waals surface area contributed by atoms with Crippen molar-refractivity contribution in [1.82, 2.24) is 19.5 Å². The van der Waals surface area contributed by atoms with Gasteiger partial charge in [0.2, 0.25) is 0 Å². The second-order valence-electron chi connectivity index (χ2n) is 7.96. The van der Waals surface area contributed by atoms with E-state index in [2.05, 4.69) is 20.3 Å². The van der Waals surface area contributed by atoms with Crippen molar-refractivity contribution in [3.05, 3.63) is 113 Å². The average molecular weight is 522 g/mol. The first kappa shape index (κ1) is 24.1. The van der Waals surface area contributed by atoms with Crippen LogP contribution < -0.4 is 5.32 Å². The summed E-state index contributed by atoms with van der Waals surface area (Å²) in [6.07, 6.45) is 1.80. The first-order chi connectivity index (χ1) is 17.7. The molecule has 1 N–H and O–H groups in total. The molecule has 0 spiro atoms. The van der Waals surface area contributed by atoms with Crippen LogP contribution in [0.2, 0.25) is 5.02 Å². The van der Waals surface area contributed by atoms with Gasteiger partial charge >= 0.3 is 6.18 Å². The number of fused-ring (bicyclic) bond motifs is 1. The Morgan fingerprint density at radius 1 is 0.919 bits per heavy atom. The van der Waals surface area contributed by atoms with Gasteiger partial charge < -0.3 is 5.32 Å². The van der Waals surface area contributed by atoms with Crippen LogP contribution in [0.4, 0.5) is 18.9 Å². The van der Waals surface area contributed by atoms with E-state index >= 15 is 0 Å². The molecule has 2 aromatic heterocycles. The monoisotopic (exact) mass is 521 g/mol. The SMILES string of the molecule is O=C(Nc1cccc(C(=O)c2ccc3ncc(-n4ccnc4)nc3c2)c1)c1ccc(Cl)c(C(F)(F)F)c1. The molecule has 37 heavy (non-hydrogen) atoms. The minimum Gasteiger partial charge on any atom is -0.322 e. The van der Waals surface area contributed by atoms with Crippen molar-refractivity contribution < 1.29 is 22.8 Å². The summed E-state index contributed by atoms with van der Waals surface area (Å²) in [5, 5.41) is 2.02. The molecule has 0 aliphatic rings. The number of aromatic nitrogens is 4. The summed E-state index contributed by atoms with van der Waals surface area (Å²) in [4.78, 5) is 38.7. The van der Waals surface area contributed by atoms with E-state index in [4.69, 9.17) is 11.6 Å². The number of carbonyl (C=O) groups is 2. The summed E-state index contributed by atoms with van der Waals surface area (Å²) in [5.41, 5.74) is 0.620. The quantitative estimate of drug-likeness (QED) is 0.288. The Morgan fingerprint density at radius 3 is 2.46 bits per heavy atom. The van der Waals surface area contributed by atoms with Crippen LogP contribution in [0.25, 0.3) is 16.9 Å². The zero-order valence-corrected chi connectivity index (χ0v) is 19.5. The molecule has 0 bridgehead atoms. The summed E-state index contributed by atoms with van der Waals surface area (Å²) in [6.45, 7) is 0. The number of nitrogens with zero attached hydrogens (tertiary/aromatic N) is 4. The van der Waals surface area contributed by atoms with Crippen LogP contribution in [0.3, 0.4) is 0 Å². The maximum absolute atomic E-state index is 13.2. The number of alkyl halides is 3. The Morgan fingerprint density at radius 2 is 1.70 bits per heavy atom. The Labute approximate surface area is 212 Å². The average Bonchev–Trinajstić information content (AvgIpc) is 3.42. The number of benzene rings is 3. The predicted octanol–water partition coefficient (Wildman–Crippen LogP) is 5.97. The van der Waals surface area contributed by atoms with Crippen LogP contribution in [0.15, 0.2) is 85.6 Å². The molecular weight excluding hydrogens is 507 g/mol. The smallest absolute Gasteiger partial charge is 0.322 e. The molecule has 0 saturated heterocycles. The summed E-state index contributed by atoms with van der Waals surface area (Å²) >= 11 is 5.63. The molecule has 0 atom stereocenters. The van der Waals surface area contributed by atoms with Crippen LogP contribution in [-0.2, 0) is 6.18 Å². The van der Waals surface area contributed by atoms with Crippen molar-refractivity contribution >= 4 is 40.0 Å². The minimum atomic E-state index is -4.70. The molecular formula is C26H15ClF3N5O2. The molecule has 184 valence electrons. The highest BCUT2D eigenvalue weighted by Crippen LogP contribution is 2.35. The molecule has 0 unspecified atom stereocenters. The van der Waals surface area contributed by atoms with Crippen molar-refractivity contribution in [2.45, 2.75) is 6.18 Å². The Kier molecular flexibility index (Phi) is 6.18. The molecule has 0 aliphatic carbocycles. The molecule has 5 rings (SSSR count). The van der Waals surface area contributed by atoms with E-state index in [0.29, 0.717) is 28.5 Å². The number of halogens is 4. The van der Waals surface area contributed by atoms with E-state index in [1.54, 1.807) is 59.8 Å². The second kappa shape index (κ2) is 9.47. The van der Waals surface area contributed by atoms with Gasteiger partial charge in [-0.15, -0.1) is 0 Å². The maximum atomic E-state index is 13.2. The third kappa shape index (κ3) is 5.05. The van der Waals surface area contributed by atoms with Crippen LogP contribution in [-0.4, -0.2) is 31.2 Å². The second-order valence-corrected chi connectivity index (χ2v) is 8.37. The number of nitrogens with one attached hydrogen (secondary N) is 1. The highest BCUT2D eigenvalue weighted by molar-refractivity contribution is 6.31. The molecule has 1 amide bonds. The van der Waals surface area contributed by atoms with Crippen LogP contribution >= 0.6 is 11.6 Å². The number of hydrogen-bond acceptors (Lipinski definition) is 5. The molecule has 2 heterocycles. The van der Waals surface area contributed by atoms with Gasteiger partial charge in [0.05, 0.1) is 27.8 Å². The molecule has 0 fully saturated rings. The van der Waals surface area contributed by atoms with Gasteiger partial charge in [-0.05, 0) is 48.5 Å². The van der Waals surface area contributed by atoms with Gasteiger partial charge in [-0.3, -0.25) is 19.1 Å². The lowest BCUT2D eigenvalue weighted by molar-refractivity contribution is -0.137. The Bertz CT molecular complexity index is 1650. The number of amides is 1. The number of rotatable bonds is 5. The highest BCUT2D eigenvalue weighted by atomic mass is 35.5. The van der Waals surface area contributed by atoms with Gasteiger partial charge in [-0.2, -0.15) is 13.2 Å². The fraction of sp³-hybridized carbons (Fsp3) is 0.0385. The molecule has 3 aromatic carbocycles. The minimum absolute atomic E-state index is 0.227. The highest BCUT2D eigenvalue weighted by Gasteiger charge is 2.33. The molecule has 0 radical (unpaired) electrons. The zero-order valence-electron chi connectivity index (χ0n) is 18.7. The fourth-order valence-corrected chi connectivity index (χ4v) is 3.88. The van der Waals surface area contributed by atoms with Gasteiger partial charge in [0.25, 0.3) is 5.91 Å². The lowest BCUT2D eigenvalue weighted by Gasteiger charge is -2.12. The lowest BCUT2D eigenvalue weighted by Crippen LogP contribution is -2.14. The molecule has 0 aliphatic heterocycles. The van der Waals surface area contributed by atoms with Gasteiger partial charge in [0, 0.05) is 34.8 Å². The van der Waals surface area contributed by atoms with Crippen LogP contribution in [0, 0.1) is 0 Å². The summed E-state index contributed by atoms with van der Waals surface area (Å²) < 4.78 is 41.1.